The van der Waals surface area contributed by atoms with Gasteiger partial charge in [0.1, 0.15) is 5.75 Å². The van der Waals surface area contributed by atoms with Gasteiger partial charge in [-0.25, -0.2) is 0 Å². The van der Waals surface area contributed by atoms with Gasteiger partial charge in [0.2, 0.25) is 0 Å². The molecule has 0 radical (unpaired) electrons. The van der Waals surface area contributed by atoms with Gasteiger partial charge in [-0.05, 0) is 12.0 Å². The molecule has 2 nitrogen and oxygen atoms in total. The van der Waals surface area contributed by atoms with Crippen molar-refractivity contribution in [3.8, 4) is 5.75 Å². The predicted molar refractivity (Wildman–Crippen MR) is 57.1 cm³/mol. The Kier molecular flexibility index (Phi) is 3.22. The zero-order valence-electron chi connectivity index (χ0n) is 7.86. The molecule has 0 amide bonds. The lowest BCUT2D eigenvalue weighted by atomic mass is 9.96. The van der Waals surface area contributed by atoms with Crippen LogP contribution in [0.1, 0.15) is 25.5 Å². The SMILES string of the molecule is CC(C)[C@H](N)c1cccc(S)c1O. The lowest BCUT2D eigenvalue weighted by Gasteiger charge is -2.17. The van der Waals surface area contributed by atoms with E-state index in [1.54, 1.807) is 6.07 Å². The number of nitrogens with two attached hydrogens (primary N) is 1. The number of hydrogen-bond donors (Lipinski definition) is 3. The minimum absolute atomic E-state index is 0.132. The summed E-state index contributed by atoms with van der Waals surface area (Å²) in [5.41, 5.74) is 6.68. The van der Waals surface area contributed by atoms with Crippen molar-refractivity contribution in [3.63, 3.8) is 0 Å². The van der Waals surface area contributed by atoms with Crippen molar-refractivity contribution in [3.05, 3.63) is 23.8 Å². The highest BCUT2D eigenvalue weighted by Gasteiger charge is 2.15. The van der Waals surface area contributed by atoms with Gasteiger partial charge in [0, 0.05) is 16.5 Å². The van der Waals surface area contributed by atoms with Gasteiger partial charge in [-0.1, -0.05) is 26.0 Å². The number of phenolic OH excluding ortho intramolecular Hbond substituents is 1. The van der Waals surface area contributed by atoms with E-state index < -0.39 is 0 Å². The number of benzene rings is 1. The largest absolute Gasteiger partial charge is 0.506 e. The molecule has 0 aliphatic rings. The van der Waals surface area contributed by atoms with Crippen LogP contribution in [0, 0.1) is 5.92 Å². The molecule has 0 aliphatic carbocycles. The summed E-state index contributed by atoms with van der Waals surface area (Å²) in [6, 6.07) is 5.29. The minimum atomic E-state index is -0.132. The zero-order valence-corrected chi connectivity index (χ0v) is 8.75. The fraction of sp³-hybridized carbons (Fsp3) is 0.400. The second-order valence-corrected chi connectivity index (χ2v) is 3.97. The van der Waals surface area contributed by atoms with Crippen molar-refractivity contribution in [2.75, 3.05) is 0 Å². The molecule has 13 heavy (non-hydrogen) atoms. The topological polar surface area (TPSA) is 46.2 Å². The number of aromatic hydroxyl groups is 1. The predicted octanol–water partition coefficient (Wildman–Crippen LogP) is 2.34. The lowest BCUT2D eigenvalue weighted by molar-refractivity contribution is 0.430. The van der Waals surface area contributed by atoms with E-state index in [2.05, 4.69) is 12.6 Å². The van der Waals surface area contributed by atoms with Gasteiger partial charge in [-0.2, -0.15) is 0 Å². The maximum atomic E-state index is 9.66. The molecule has 1 rings (SSSR count). The first-order chi connectivity index (χ1) is 6.04. The Bertz CT molecular complexity index is 299. The van der Waals surface area contributed by atoms with E-state index in [9.17, 15) is 5.11 Å². The molecule has 3 heteroatoms. The molecule has 0 saturated heterocycles. The zero-order chi connectivity index (χ0) is 10.0. The van der Waals surface area contributed by atoms with Crippen molar-refractivity contribution < 1.29 is 5.11 Å². The summed E-state index contributed by atoms with van der Waals surface area (Å²) in [4.78, 5) is 0.577. The highest BCUT2D eigenvalue weighted by Crippen LogP contribution is 2.31. The molecule has 0 bridgehead atoms. The Morgan fingerprint density at radius 2 is 2.00 bits per heavy atom. The molecule has 0 saturated carbocycles. The van der Waals surface area contributed by atoms with Crippen LogP contribution in [0.15, 0.2) is 23.1 Å². The molecular formula is C10H15NOS. The van der Waals surface area contributed by atoms with Crippen molar-refractivity contribution in [2.24, 2.45) is 11.7 Å². The van der Waals surface area contributed by atoms with Crippen LogP contribution in [0.5, 0.6) is 5.75 Å². The van der Waals surface area contributed by atoms with Gasteiger partial charge in [-0.15, -0.1) is 12.6 Å². The Morgan fingerprint density at radius 1 is 1.38 bits per heavy atom. The first-order valence-corrected chi connectivity index (χ1v) is 4.75. The molecule has 72 valence electrons. The Morgan fingerprint density at radius 3 is 2.54 bits per heavy atom. The standard InChI is InChI=1S/C10H15NOS/c1-6(2)9(11)7-4-3-5-8(13)10(7)12/h3-6,9,12-13H,11H2,1-2H3/t9-/m0/s1. The molecule has 3 N–H and O–H groups in total. The minimum Gasteiger partial charge on any atom is -0.506 e. The summed E-state index contributed by atoms with van der Waals surface area (Å²) in [6.07, 6.45) is 0. The molecular weight excluding hydrogens is 182 g/mol. The first kappa shape index (κ1) is 10.4. The third kappa shape index (κ3) is 2.17. The van der Waals surface area contributed by atoms with Crippen molar-refractivity contribution in [1.82, 2.24) is 0 Å². The lowest BCUT2D eigenvalue weighted by Crippen LogP contribution is -2.16. The molecule has 0 fully saturated rings. The maximum absolute atomic E-state index is 9.66. The number of phenols is 1. The third-order valence-electron chi connectivity index (χ3n) is 2.12. The summed E-state index contributed by atoms with van der Waals surface area (Å²) >= 11 is 4.12. The second kappa shape index (κ2) is 4.03. The van der Waals surface area contributed by atoms with Crippen LogP contribution in [0.3, 0.4) is 0 Å². The van der Waals surface area contributed by atoms with Crippen LogP contribution >= 0.6 is 12.6 Å². The van der Waals surface area contributed by atoms with Gasteiger partial charge >= 0.3 is 0 Å². The highest BCUT2D eigenvalue weighted by molar-refractivity contribution is 7.80. The van der Waals surface area contributed by atoms with E-state index in [4.69, 9.17) is 5.73 Å². The molecule has 1 aromatic carbocycles. The summed E-state index contributed by atoms with van der Waals surface area (Å²) < 4.78 is 0. The van der Waals surface area contributed by atoms with Crippen molar-refractivity contribution in [2.45, 2.75) is 24.8 Å². The molecule has 1 atom stereocenters. The van der Waals surface area contributed by atoms with Gasteiger partial charge in [0.05, 0.1) is 0 Å². The number of para-hydroxylation sites is 1. The maximum Gasteiger partial charge on any atom is 0.133 e. The van der Waals surface area contributed by atoms with Crippen LogP contribution in [0.25, 0.3) is 0 Å². The molecule has 0 heterocycles. The van der Waals surface area contributed by atoms with Crippen LogP contribution in [0.2, 0.25) is 0 Å². The summed E-state index contributed by atoms with van der Waals surface area (Å²) in [5, 5.41) is 9.66. The number of hydrogen-bond acceptors (Lipinski definition) is 3. The first-order valence-electron chi connectivity index (χ1n) is 4.30. The van der Waals surface area contributed by atoms with E-state index >= 15 is 0 Å². The van der Waals surface area contributed by atoms with Crippen molar-refractivity contribution in [1.29, 1.82) is 0 Å². The highest BCUT2D eigenvalue weighted by atomic mass is 32.1. The van der Waals surface area contributed by atoms with E-state index in [-0.39, 0.29) is 11.8 Å². The fourth-order valence-electron chi connectivity index (χ4n) is 1.18. The molecule has 1 aromatic rings. The second-order valence-electron chi connectivity index (χ2n) is 3.48. The van der Waals surface area contributed by atoms with E-state index in [0.717, 1.165) is 5.56 Å². The van der Waals surface area contributed by atoms with Gasteiger partial charge in [0.25, 0.3) is 0 Å². The summed E-state index contributed by atoms with van der Waals surface area (Å²) in [5.74, 6) is 0.507. The average Bonchev–Trinajstić information content (AvgIpc) is 2.08. The number of rotatable bonds is 2. The monoisotopic (exact) mass is 197 g/mol. The third-order valence-corrected chi connectivity index (χ3v) is 2.48. The number of thiol groups is 1. The molecule has 0 unspecified atom stereocenters. The summed E-state index contributed by atoms with van der Waals surface area (Å²) in [7, 11) is 0. The van der Waals surface area contributed by atoms with Crippen LogP contribution in [-0.2, 0) is 0 Å². The van der Waals surface area contributed by atoms with E-state index in [1.807, 2.05) is 26.0 Å². The molecule has 0 aliphatic heterocycles. The fourth-order valence-corrected chi connectivity index (χ4v) is 1.39. The van der Waals surface area contributed by atoms with Gasteiger partial charge in [0.15, 0.2) is 0 Å². The quantitative estimate of drug-likeness (QED) is 0.637. The Balaban J connectivity index is 3.07. The van der Waals surface area contributed by atoms with Crippen LogP contribution in [0.4, 0.5) is 0 Å². The Hall–Kier alpha value is -0.670. The normalized spacial score (nSPS) is 13.3. The van der Waals surface area contributed by atoms with Gasteiger partial charge in [-0.3, -0.25) is 0 Å². The smallest absolute Gasteiger partial charge is 0.133 e. The van der Waals surface area contributed by atoms with Crippen molar-refractivity contribution >= 4 is 12.6 Å². The Labute approximate surface area is 84.2 Å². The van der Waals surface area contributed by atoms with E-state index in [0.29, 0.717) is 10.8 Å². The molecule has 0 aromatic heterocycles. The molecule has 0 spiro atoms. The average molecular weight is 197 g/mol. The van der Waals surface area contributed by atoms with Crippen LogP contribution < -0.4 is 5.73 Å². The van der Waals surface area contributed by atoms with Gasteiger partial charge < -0.3 is 10.8 Å². The van der Waals surface area contributed by atoms with Crippen LogP contribution in [-0.4, -0.2) is 5.11 Å². The summed E-state index contributed by atoms with van der Waals surface area (Å²) in [6.45, 7) is 4.05. The van der Waals surface area contributed by atoms with E-state index in [1.165, 1.54) is 0 Å².